The summed E-state index contributed by atoms with van der Waals surface area (Å²) in [5.74, 6) is 0. The number of nitrogen functional groups attached to an aromatic ring is 1. The van der Waals surface area contributed by atoms with E-state index in [9.17, 15) is 0 Å². The lowest BCUT2D eigenvalue weighted by Crippen LogP contribution is -1.94. The van der Waals surface area contributed by atoms with Gasteiger partial charge in [0.1, 0.15) is 5.69 Å². The molecule has 0 aliphatic carbocycles. The van der Waals surface area contributed by atoms with Crippen LogP contribution in [0.2, 0.25) is 5.02 Å². The van der Waals surface area contributed by atoms with Crippen LogP contribution < -0.4 is 5.73 Å². The van der Waals surface area contributed by atoms with E-state index < -0.39 is 0 Å². The van der Waals surface area contributed by atoms with Crippen molar-refractivity contribution in [2.75, 3.05) is 5.73 Å². The molecule has 100 valence electrons. The molecule has 0 atom stereocenters. The van der Waals surface area contributed by atoms with Crippen molar-refractivity contribution in [2.45, 2.75) is 6.92 Å². The minimum atomic E-state index is 0.610. The number of nitrogens with zero attached hydrogens (tertiary/aromatic N) is 2. The van der Waals surface area contributed by atoms with Crippen molar-refractivity contribution in [1.29, 1.82) is 0 Å². The Morgan fingerprint density at radius 3 is 2.45 bits per heavy atom. The molecule has 1 heterocycles. The molecule has 3 rings (SSSR count). The minimum Gasteiger partial charge on any atom is -0.396 e. The van der Waals surface area contributed by atoms with E-state index >= 15 is 0 Å². The summed E-state index contributed by atoms with van der Waals surface area (Å²) in [5.41, 5.74) is 10.4. The van der Waals surface area contributed by atoms with Gasteiger partial charge in [0.15, 0.2) is 0 Å². The number of halogens is 1. The molecule has 0 saturated carbocycles. The Morgan fingerprint density at radius 1 is 1.05 bits per heavy atom. The van der Waals surface area contributed by atoms with Gasteiger partial charge in [0.25, 0.3) is 0 Å². The second kappa shape index (κ2) is 5.02. The highest BCUT2D eigenvalue weighted by atomic mass is 35.5. The van der Waals surface area contributed by atoms with Crippen LogP contribution in [0.15, 0.2) is 54.7 Å². The summed E-state index contributed by atoms with van der Waals surface area (Å²) in [6.45, 7) is 2.05. The molecule has 0 amide bonds. The van der Waals surface area contributed by atoms with E-state index in [4.69, 9.17) is 17.3 Å². The number of benzene rings is 2. The molecule has 0 saturated heterocycles. The average molecular weight is 284 g/mol. The number of hydrogen-bond acceptors (Lipinski definition) is 2. The summed E-state index contributed by atoms with van der Waals surface area (Å²) in [5, 5.41) is 5.19. The zero-order valence-corrected chi connectivity index (χ0v) is 11.8. The first kappa shape index (κ1) is 12.8. The number of hydrogen-bond donors (Lipinski definition) is 1. The van der Waals surface area contributed by atoms with Crippen LogP contribution in [0.4, 0.5) is 5.69 Å². The summed E-state index contributed by atoms with van der Waals surface area (Å²) in [4.78, 5) is 0. The zero-order chi connectivity index (χ0) is 14.1. The molecule has 2 N–H and O–H groups in total. The van der Waals surface area contributed by atoms with Gasteiger partial charge >= 0.3 is 0 Å². The number of aryl methyl sites for hydroxylation is 1. The Balaban J connectivity index is 2.08. The van der Waals surface area contributed by atoms with E-state index in [0.29, 0.717) is 16.4 Å². The third kappa shape index (κ3) is 2.28. The Bertz CT molecular complexity index is 745. The Labute approximate surface area is 122 Å². The maximum absolute atomic E-state index is 6.20. The van der Waals surface area contributed by atoms with Crippen molar-refractivity contribution >= 4 is 17.3 Å². The maximum atomic E-state index is 6.20. The first-order valence-electron chi connectivity index (χ1n) is 6.32. The summed E-state index contributed by atoms with van der Waals surface area (Å²) in [7, 11) is 0. The molecule has 20 heavy (non-hydrogen) atoms. The van der Waals surface area contributed by atoms with E-state index in [1.54, 1.807) is 4.68 Å². The quantitative estimate of drug-likeness (QED) is 0.770. The maximum Gasteiger partial charge on any atom is 0.117 e. The number of nitrogens with two attached hydrogens (primary N) is 1. The van der Waals surface area contributed by atoms with E-state index in [0.717, 1.165) is 11.3 Å². The molecule has 0 aliphatic rings. The molecule has 0 unspecified atom stereocenters. The van der Waals surface area contributed by atoms with Gasteiger partial charge in [-0.1, -0.05) is 47.5 Å². The summed E-state index contributed by atoms with van der Waals surface area (Å²) in [6, 6.07) is 15.7. The Morgan fingerprint density at radius 2 is 1.75 bits per heavy atom. The third-order valence-electron chi connectivity index (χ3n) is 3.17. The van der Waals surface area contributed by atoms with Crippen LogP contribution in [-0.2, 0) is 0 Å². The molecular weight excluding hydrogens is 270 g/mol. The fraction of sp³-hybridized carbons (Fsp3) is 0.0625. The summed E-state index contributed by atoms with van der Waals surface area (Å²) < 4.78 is 1.77. The smallest absolute Gasteiger partial charge is 0.117 e. The van der Waals surface area contributed by atoms with Crippen LogP contribution in [0, 0.1) is 6.92 Å². The molecule has 0 spiro atoms. The van der Waals surface area contributed by atoms with Crippen molar-refractivity contribution in [3.05, 3.63) is 65.3 Å². The van der Waals surface area contributed by atoms with E-state index in [2.05, 4.69) is 12.0 Å². The molecule has 4 heteroatoms. The molecule has 3 aromatic rings. The van der Waals surface area contributed by atoms with Gasteiger partial charge in [0.2, 0.25) is 0 Å². The fourth-order valence-corrected chi connectivity index (χ4v) is 2.30. The Hall–Kier alpha value is -2.26. The van der Waals surface area contributed by atoms with Crippen LogP contribution in [0.25, 0.3) is 16.9 Å². The first-order valence-corrected chi connectivity index (χ1v) is 6.70. The summed E-state index contributed by atoms with van der Waals surface area (Å²) >= 11 is 6.20. The lowest BCUT2D eigenvalue weighted by molar-refractivity contribution is 0.884. The normalized spacial score (nSPS) is 10.7. The zero-order valence-electron chi connectivity index (χ0n) is 11.0. The van der Waals surface area contributed by atoms with E-state index in [1.807, 2.05) is 54.7 Å². The predicted molar refractivity (Wildman–Crippen MR) is 83.2 cm³/mol. The lowest BCUT2D eigenvalue weighted by atomic mass is 10.1. The molecule has 1 aromatic heterocycles. The van der Waals surface area contributed by atoms with Gasteiger partial charge < -0.3 is 5.73 Å². The highest BCUT2D eigenvalue weighted by molar-refractivity contribution is 6.33. The van der Waals surface area contributed by atoms with Gasteiger partial charge in [-0.15, -0.1) is 0 Å². The van der Waals surface area contributed by atoms with Gasteiger partial charge in [-0.25, -0.2) is 4.68 Å². The SMILES string of the molecule is Cc1ccc(-n2cc(N)c(-c3ccccc3Cl)n2)cc1. The van der Waals surface area contributed by atoms with Crippen LogP contribution in [0.1, 0.15) is 5.56 Å². The molecule has 3 nitrogen and oxygen atoms in total. The Kier molecular flexibility index (Phi) is 3.20. The largest absolute Gasteiger partial charge is 0.396 e. The van der Waals surface area contributed by atoms with Crippen LogP contribution in [0.5, 0.6) is 0 Å². The standard InChI is InChI=1S/C16H14ClN3/c1-11-6-8-12(9-7-11)20-10-15(18)16(19-20)13-4-2-3-5-14(13)17/h2-10H,18H2,1H3. The van der Waals surface area contributed by atoms with Crippen LogP contribution in [0.3, 0.4) is 0 Å². The molecule has 0 aliphatic heterocycles. The van der Waals surface area contributed by atoms with Gasteiger partial charge in [-0.2, -0.15) is 5.10 Å². The minimum absolute atomic E-state index is 0.610. The van der Waals surface area contributed by atoms with Gasteiger partial charge in [0, 0.05) is 5.56 Å². The van der Waals surface area contributed by atoms with Crippen molar-refractivity contribution in [1.82, 2.24) is 9.78 Å². The van der Waals surface area contributed by atoms with Crippen molar-refractivity contribution in [3.8, 4) is 16.9 Å². The second-order valence-electron chi connectivity index (χ2n) is 4.69. The number of anilines is 1. The third-order valence-corrected chi connectivity index (χ3v) is 3.50. The number of rotatable bonds is 2. The number of aromatic nitrogens is 2. The average Bonchev–Trinajstić information content (AvgIpc) is 2.82. The molecule has 0 fully saturated rings. The lowest BCUT2D eigenvalue weighted by Gasteiger charge is -2.02. The second-order valence-corrected chi connectivity index (χ2v) is 5.10. The monoisotopic (exact) mass is 283 g/mol. The van der Waals surface area contributed by atoms with Gasteiger partial charge in [0.05, 0.1) is 22.6 Å². The predicted octanol–water partition coefficient (Wildman–Crippen LogP) is 4.08. The highest BCUT2D eigenvalue weighted by Crippen LogP contribution is 2.31. The van der Waals surface area contributed by atoms with E-state index in [-0.39, 0.29) is 0 Å². The summed E-state index contributed by atoms with van der Waals surface area (Å²) in [6.07, 6.45) is 1.81. The first-order chi connectivity index (χ1) is 9.65. The van der Waals surface area contributed by atoms with Gasteiger partial charge in [-0.3, -0.25) is 0 Å². The van der Waals surface area contributed by atoms with E-state index in [1.165, 1.54) is 5.56 Å². The molecule has 0 radical (unpaired) electrons. The highest BCUT2D eigenvalue weighted by Gasteiger charge is 2.12. The molecule has 2 aromatic carbocycles. The van der Waals surface area contributed by atoms with Crippen LogP contribution >= 0.6 is 11.6 Å². The molecular formula is C16H14ClN3. The topological polar surface area (TPSA) is 43.8 Å². The molecule has 0 bridgehead atoms. The van der Waals surface area contributed by atoms with Crippen LogP contribution in [-0.4, -0.2) is 9.78 Å². The van der Waals surface area contributed by atoms with Gasteiger partial charge in [-0.05, 0) is 25.1 Å². The van der Waals surface area contributed by atoms with Crippen molar-refractivity contribution < 1.29 is 0 Å². The van der Waals surface area contributed by atoms with Crippen molar-refractivity contribution in [3.63, 3.8) is 0 Å². The van der Waals surface area contributed by atoms with Crippen molar-refractivity contribution in [2.24, 2.45) is 0 Å². The fourth-order valence-electron chi connectivity index (χ4n) is 2.08.